The topological polar surface area (TPSA) is 95.0 Å². The first kappa shape index (κ1) is 32.6. The number of rotatable bonds is 10. The molecule has 0 bridgehead atoms. The molecule has 2 aliphatic rings. The molecule has 230 valence electrons. The number of aliphatic carboxylic acids is 1. The van der Waals surface area contributed by atoms with Crippen molar-refractivity contribution in [1.82, 2.24) is 9.21 Å². The van der Waals surface area contributed by atoms with Crippen LogP contribution < -0.4 is 0 Å². The van der Waals surface area contributed by atoms with Crippen LogP contribution in [0, 0.1) is 11.3 Å². The van der Waals surface area contributed by atoms with Gasteiger partial charge in [0.1, 0.15) is 0 Å². The third-order valence-electron chi connectivity index (χ3n) is 8.32. The van der Waals surface area contributed by atoms with Crippen LogP contribution in [0.4, 0.5) is 8.78 Å². The van der Waals surface area contributed by atoms with Gasteiger partial charge >= 0.3 is 12.5 Å². The van der Waals surface area contributed by atoms with Crippen molar-refractivity contribution in [2.45, 2.75) is 82.7 Å². The van der Waals surface area contributed by atoms with Crippen molar-refractivity contribution in [3.63, 3.8) is 0 Å². The molecule has 2 fully saturated rings. The molecule has 7 nitrogen and oxygen atoms in total. The first-order valence-corrected chi connectivity index (χ1v) is 16.0. The lowest BCUT2D eigenvalue weighted by Gasteiger charge is -2.52. The van der Waals surface area contributed by atoms with Gasteiger partial charge in [0.05, 0.1) is 22.6 Å². The molecule has 4 rings (SSSR count). The van der Waals surface area contributed by atoms with Gasteiger partial charge in [-0.2, -0.15) is 8.78 Å². The summed E-state index contributed by atoms with van der Waals surface area (Å²) in [5.74, 6) is -2.41. The van der Waals surface area contributed by atoms with Crippen LogP contribution >= 0.6 is 23.2 Å². The Morgan fingerprint density at radius 1 is 1.10 bits per heavy atom. The highest BCUT2D eigenvalue weighted by atomic mass is 35.5. The zero-order chi connectivity index (χ0) is 31.2. The molecule has 1 aliphatic heterocycles. The van der Waals surface area contributed by atoms with E-state index in [9.17, 15) is 31.9 Å². The van der Waals surface area contributed by atoms with Crippen molar-refractivity contribution in [2.24, 2.45) is 11.3 Å². The van der Waals surface area contributed by atoms with Crippen molar-refractivity contribution in [2.75, 3.05) is 6.54 Å². The molecule has 1 saturated heterocycles. The number of sulfonamides is 1. The zero-order valence-electron chi connectivity index (χ0n) is 23.9. The van der Waals surface area contributed by atoms with Gasteiger partial charge in [-0.05, 0) is 81.3 Å². The Labute approximate surface area is 255 Å². The van der Waals surface area contributed by atoms with Gasteiger partial charge in [0.2, 0.25) is 15.9 Å². The van der Waals surface area contributed by atoms with E-state index in [0.717, 1.165) is 5.56 Å². The van der Waals surface area contributed by atoms with Crippen molar-refractivity contribution < 1.29 is 31.9 Å². The largest absolute Gasteiger partial charge is 0.481 e. The van der Waals surface area contributed by atoms with E-state index < -0.39 is 69.6 Å². The number of carbonyl (C=O) groups is 2. The summed E-state index contributed by atoms with van der Waals surface area (Å²) >= 11 is 12.6. The minimum Gasteiger partial charge on any atom is -0.481 e. The maximum atomic E-state index is 14.5. The van der Waals surface area contributed by atoms with Crippen LogP contribution in [-0.4, -0.2) is 58.5 Å². The molecule has 0 spiro atoms. The fourth-order valence-electron chi connectivity index (χ4n) is 6.01. The fraction of sp³-hybridized carbons (Fsp3) is 0.533. The number of amides is 1. The second-order valence-corrected chi connectivity index (χ2v) is 16.1. The standard InChI is InChI=1S/C30H36Cl2F2N2O5S/c1-29(2,3)42(40,41)35(28(33)34)17-24(18-8-9-18)36-26(19-10-12-21(31)13-11-19)23(20-6-5-7-22(32)14-20)15-30(4,27(36)39)16-25(37)38/h5-7,10-14,18,23-24,26,28H,8-9,15-17H2,1-4H3,(H,37,38)/t23?,24-,26?,30-/m1/s1. The normalized spacial score (nSPS) is 24.3. The summed E-state index contributed by atoms with van der Waals surface area (Å²) in [7, 11) is -4.49. The predicted octanol–water partition coefficient (Wildman–Crippen LogP) is 6.96. The molecule has 1 saturated carbocycles. The van der Waals surface area contributed by atoms with Gasteiger partial charge < -0.3 is 10.0 Å². The summed E-state index contributed by atoms with van der Waals surface area (Å²) in [5, 5.41) is 10.7. The average molecular weight is 646 g/mol. The molecule has 2 aromatic carbocycles. The average Bonchev–Trinajstić information content (AvgIpc) is 3.71. The molecule has 42 heavy (non-hydrogen) atoms. The molecule has 2 unspecified atom stereocenters. The number of nitrogens with zero attached hydrogens (tertiary/aromatic N) is 2. The van der Waals surface area contributed by atoms with Crippen molar-refractivity contribution >= 4 is 45.1 Å². The predicted molar refractivity (Wildman–Crippen MR) is 158 cm³/mol. The van der Waals surface area contributed by atoms with Gasteiger partial charge in [-0.15, -0.1) is 4.31 Å². The minimum atomic E-state index is -4.49. The van der Waals surface area contributed by atoms with Gasteiger partial charge in [-0.25, -0.2) is 8.42 Å². The van der Waals surface area contributed by atoms with Crippen molar-refractivity contribution in [3.05, 3.63) is 69.7 Å². The van der Waals surface area contributed by atoms with Gasteiger partial charge in [0.15, 0.2) is 0 Å². The van der Waals surface area contributed by atoms with Gasteiger partial charge in [-0.1, -0.05) is 54.4 Å². The van der Waals surface area contributed by atoms with E-state index in [1.807, 2.05) is 6.07 Å². The summed E-state index contributed by atoms with van der Waals surface area (Å²) in [5.41, 5.74) is 0.0233. The molecule has 1 heterocycles. The van der Waals surface area contributed by atoms with Crippen LogP contribution in [0.1, 0.15) is 76.5 Å². The second kappa shape index (κ2) is 12.0. The summed E-state index contributed by atoms with van der Waals surface area (Å²) in [6.45, 7) is 1.68. The Hall–Kier alpha value is -2.27. The summed E-state index contributed by atoms with van der Waals surface area (Å²) in [4.78, 5) is 28.1. The molecule has 12 heteroatoms. The first-order valence-electron chi connectivity index (χ1n) is 13.8. The Morgan fingerprint density at radius 3 is 2.21 bits per heavy atom. The summed E-state index contributed by atoms with van der Waals surface area (Å²) in [6.07, 6.45) is 0.902. The number of likely N-dealkylation sites (tertiary alicyclic amines) is 1. The maximum absolute atomic E-state index is 14.5. The highest BCUT2D eigenvalue weighted by Gasteiger charge is 2.56. The molecule has 0 radical (unpaired) electrons. The number of hydrogen-bond acceptors (Lipinski definition) is 4. The highest BCUT2D eigenvalue weighted by molar-refractivity contribution is 7.90. The van der Waals surface area contributed by atoms with E-state index >= 15 is 0 Å². The monoisotopic (exact) mass is 644 g/mol. The molecule has 1 amide bonds. The van der Waals surface area contributed by atoms with E-state index in [4.69, 9.17) is 23.2 Å². The van der Waals surface area contributed by atoms with E-state index in [1.54, 1.807) is 49.4 Å². The van der Waals surface area contributed by atoms with E-state index in [0.29, 0.717) is 28.5 Å². The molecule has 2 aromatic rings. The quantitative estimate of drug-likeness (QED) is 0.282. The summed E-state index contributed by atoms with van der Waals surface area (Å²) in [6, 6.07) is 12.3. The molecule has 4 atom stereocenters. The third-order valence-corrected chi connectivity index (χ3v) is 11.3. The smallest absolute Gasteiger partial charge is 0.307 e. The Morgan fingerprint density at radius 2 is 1.71 bits per heavy atom. The van der Waals surface area contributed by atoms with Crippen LogP contribution in [0.5, 0.6) is 0 Å². The van der Waals surface area contributed by atoms with Gasteiger partial charge in [0.25, 0.3) is 0 Å². The van der Waals surface area contributed by atoms with E-state index in [1.165, 1.54) is 25.7 Å². The van der Waals surface area contributed by atoms with Crippen LogP contribution in [0.15, 0.2) is 48.5 Å². The lowest BCUT2D eigenvalue weighted by Crippen LogP contribution is -2.60. The van der Waals surface area contributed by atoms with Gasteiger partial charge in [0, 0.05) is 28.5 Å². The number of hydrogen-bond donors (Lipinski definition) is 1. The number of piperidine rings is 1. The fourth-order valence-corrected chi connectivity index (χ4v) is 7.60. The van der Waals surface area contributed by atoms with Crippen molar-refractivity contribution in [1.29, 1.82) is 0 Å². The first-order chi connectivity index (χ1) is 19.5. The zero-order valence-corrected chi connectivity index (χ0v) is 26.3. The van der Waals surface area contributed by atoms with E-state index in [2.05, 4.69) is 0 Å². The Bertz CT molecular complexity index is 1430. The van der Waals surface area contributed by atoms with Gasteiger partial charge in [-0.3, -0.25) is 9.59 Å². The molecular formula is C30H36Cl2F2N2O5S. The van der Waals surface area contributed by atoms with Crippen LogP contribution in [0.25, 0.3) is 0 Å². The molecule has 1 N–H and O–H groups in total. The Kier molecular flexibility index (Phi) is 9.34. The lowest BCUT2D eigenvalue weighted by molar-refractivity contribution is -0.162. The number of carboxylic acid groups (broad SMARTS) is 1. The number of benzene rings is 2. The lowest BCUT2D eigenvalue weighted by atomic mass is 9.67. The number of carboxylic acids is 1. The van der Waals surface area contributed by atoms with Crippen LogP contribution in [0.3, 0.4) is 0 Å². The third kappa shape index (κ3) is 6.61. The number of alkyl halides is 2. The highest BCUT2D eigenvalue weighted by Crippen LogP contribution is 2.54. The SMILES string of the molecule is CC(C)(C)S(=O)(=O)N(C[C@H](C1CC1)N1C(=O)[C@@](C)(CC(=O)O)CC(c2cccc(Cl)c2)C1c1ccc(Cl)cc1)C(F)F. The number of carbonyl (C=O) groups excluding carboxylic acids is 1. The minimum absolute atomic E-state index is 0.151. The number of halogens is 4. The second-order valence-electron chi connectivity index (χ2n) is 12.6. The maximum Gasteiger partial charge on any atom is 0.307 e. The van der Waals surface area contributed by atoms with Crippen LogP contribution in [-0.2, 0) is 19.6 Å². The molecule has 0 aromatic heterocycles. The molecular weight excluding hydrogens is 609 g/mol. The summed E-state index contributed by atoms with van der Waals surface area (Å²) < 4.78 is 54.5. The van der Waals surface area contributed by atoms with Crippen LogP contribution in [0.2, 0.25) is 10.0 Å². The van der Waals surface area contributed by atoms with E-state index in [-0.39, 0.29) is 16.6 Å². The Balaban J connectivity index is 1.94. The van der Waals surface area contributed by atoms with Crippen molar-refractivity contribution in [3.8, 4) is 0 Å². The molecule has 1 aliphatic carbocycles.